The van der Waals surface area contributed by atoms with Crippen LogP contribution in [0.3, 0.4) is 0 Å². The van der Waals surface area contributed by atoms with Crippen molar-refractivity contribution in [1.82, 2.24) is 15.4 Å². The van der Waals surface area contributed by atoms with E-state index < -0.39 is 0 Å². The summed E-state index contributed by atoms with van der Waals surface area (Å²) in [6, 6.07) is 4.00. The third-order valence-electron chi connectivity index (χ3n) is 2.74. The molecule has 1 atom stereocenters. The molecule has 2 rings (SSSR count). The average Bonchev–Trinajstić information content (AvgIpc) is 2.67. The van der Waals surface area contributed by atoms with Crippen LogP contribution >= 0.6 is 11.3 Å². The zero-order valence-electron chi connectivity index (χ0n) is 9.97. The topological polar surface area (TPSA) is 63.8 Å². The molecule has 17 heavy (non-hydrogen) atoms. The second-order valence-electron chi connectivity index (χ2n) is 3.96. The molecule has 0 aromatic carbocycles. The number of hydrazine groups is 1. The van der Waals surface area contributed by atoms with Crippen molar-refractivity contribution in [1.29, 1.82) is 0 Å². The van der Waals surface area contributed by atoms with Crippen LogP contribution < -0.4 is 11.3 Å². The van der Waals surface area contributed by atoms with Crippen LogP contribution in [0.4, 0.5) is 0 Å². The van der Waals surface area contributed by atoms with Crippen molar-refractivity contribution in [3.63, 3.8) is 0 Å². The van der Waals surface area contributed by atoms with Gasteiger partial charge in [-0.1, -0.05) is 6.07 Å². The van der Waals surface area contributed by atoms with Crippen LogP contribution in [0.5, 0.6) is 0 Å². The Labute approximate surface area is 105 Å². The monoisotopic (exact) mass is 248 g/mol. The Morgan fingerprint density at radius 2 is 2.29 bits per heavy atom. The summed E-state index contributed by atoms with van der Waals surface area (Å²) in [6.07, 6.45) is 4.38. The van der Waals surface area contributed by atoms with E-state index in [1.54, 1.807) is 17.5 Å². The summed E-state index contributed by atoms with van der Waals surface area (Å²) in [5.41, 5.74) is 5.01. The Balaban J connectivity index is 2.15. The van der Waals surface area contributed by atoms with E-state index in [0.29, 0.717) is 0 Å². The fraction of sp³-hybridized carbons (Fsp3) is 0.333. The molecule has 5 heteroatoms. The zero-order chi connectivity index (χ0) is 12.3. The number of nitrogens with zero attached hydrogens (tertiary/aromatic N) is 2. The maximum Gasteiger partial charge on any atom is 0.0950 e. The summed E-state index contributed by atoms with van der Waals surface area (Å²) < 4.78 is 0. The lowest BCUT2D eigenvalue weighted by Crippen LogP contribution is -2.29. The van der Waals surface area contributed by atoms with E-state index in [1.807, 2.05) is 25.3 Å². The van der Waals surface area contributed by atoms with Crippen LogP contribution in [0, 0.1) is 13.8 Å². The van der Waals surface area contributed by atoms with Gasteiger partial charge in [0, 0.05) is 23.7 Å². The van der Waals surface area contributed by atoms with Gasteiger partial charge in [-0.25, -0.2) is 4.98 Å². The summed E-state index contributed by atoms with van der Waals surface area (Å²) >= 11 is 1.73. The molecule has 0 saturated carbocycles. The van der Waals surface area contributed by atoms with Gasteiger partial charge in [0.2, 0.25) is 0 Å². The molecule has 0 spiro atoms. The Hall–Kier alpha value is -1.30. The van der Waals surface area contributed by atoms with Gasteiger partial charge in [0.1, 0.15) is 0 Å². The first-order chi connectivity index (χ1) is 8.20. The fourth-order valence-electron chi connectivity index (χ4n) is 1.66. The van der Waals surface area contributed by atoms with Crippen LogP contribution in [0.25, 0.3) is 0 Å². The summed E-state index contributed by atoms with van der Waals surface area (Å²) in [4.78, 5) is 9.90. The molecule has 90 valence electrons. The minimum Gasteiger partial charge on any atom is -0.271 e. The quantitative estimate of drug-likeness (QED) is 0.641. The van der Waals surface area contributed by atoms with E-state index in [0.717, 1.165) is 22.7 Å². The van der Waals surface area contributed by atoms with E-state index in [2.05, 4.69) is 22.3 Å². The lowest BCUT2D eigenvalue weighted by molar-refractivity contribution is 0.549. The van der Waals surface area contributed by atoms with Crippen molar-refractivity contribution >= 4 is 11.3 Å². The molecule has 2 aromatic rings. The van der Waals surface area contributed by atoms with Gasteiger partial charge in [0.05, 0.1) is 16.7 Å². The van der Waals surface area contributed by atoms with Crippen molar-refractivity contribution in [2.75, 3.05) is 0 Å². The highest BCUT2D eigenvalue weighted by atomic mass is 32.1. The van der Waals surface area contributed by atoms with Crippen molar-refractivity contribution in [3.8, 4) is 0 Å². The van der Waals surface area contributed by atoms with Gasteiger partial charge in [-0.05, 0) is 25.5 Å². The van der Waals surface area contributed by atoms with Crippen LogP contribution in [0.15, 0.2) is 24.5 Å². The number of nitrogens with one attached hydrogen (secondary N) is 1. The summed E-state index contributed by atoms with van der Waals surface area (Å²) in [7, 11) is 0. The van der Waals surface area contributed by atoms with Crippen LogP contribution in [-0.2, 0) is 6.42 Å². The number of pyridine rings is 1. The molecular weight excluding hydrogens is 232 g/mol. The second kappa shape index (κ2) is 5.35. The number of hydrogen-bond donors (Lipinski definition) is 2. The van der Waals surface area contributed by atoms with Crippen LogP contribution in [-0.4, -0.2) is 9.97 Å². The van der Waals surface area contributed by atoms with Crippen molar-refractivity contribution in [2.24, 2.45) is 5.84 Å². The van der Waals surface area contributed by atoms with Crippen molar-refractivity contribution < 1.29 is 0 Å². The number of aromatic nitrogens is 2. The maximum atomic E-state index is 5.60. The molecule has 0 radical (unpaired) electrons. The number of thiazole rings is 1. The molecule has 0 fully saturated rings. The first kappa shape index (κ1) is 12.2. The summed E-state index contributed by atoms with van der Waals surface area (Å²) in [5, 5.41) is 1.10. The molecular formula is C12H16N4S. The molecule has 4 nitrogen and oxygen atoms in total. The van der Waals surface area contributed by atoms with E-state index in [1.165, 1.54) is 4.88 Å². The standard InChI is InChI=1S/C12H16N4S/c1-8-9(2)17-12(15-8)6-11(16-13)10-4-3-5-14-7-10/h3-5,7,11,16H,6,13H2,1-2H3. The Kier molecular flexibility index (Phi) is 3.83. The predicted octanol–water partition coefficient (Wildman–Crippen LogP) is 1.90. The van der Waals surface area contributed by atoms with Gasteiger partial charge in [-0.15, -0.1) is 11.3 Å². The first-order valence-corrected chi connectivity index (χ1v) is 6.31. The molecule has 0 amide bonds. The normalized spacial score (nSPS) is 12.6. The zero-order valence-corrected chi connectivity index (χ0v) is 10.8. The van der Waals surface area contributed by atoms with Gasteiger partial charge >= 0.3 is 0 Å². The SMILES string of the molecule is Cc1nc(CC(NN)c2cccnc2)sc1C. The summed E-state index contributed by atoms with van der Waals surface area (Å²) in [5.74, 6) is 5.60. The molecule has 2 aromatic heterocycles. The first-order valence-electron chi connectivity index (χ1n) is 5.49. The molecule has 0 saturated heterocycles. The van der Waals surface area contributed by atoms with E-state index in [4.69, 9.17) is 5.84 Å². The minimum atomic E-state index is 0.0636. The molecule has 0 bridgehead atoms. The third kappa shape index (κ3) is 2.88. The smallest absolute Gasteiger partial charge is 0.0950 e. The highest BCUT2D eigenvalue weighted by molar-refractivity contribution is 7.11. The number of rotatable bonds is 4. The van der Waals surface area contributed by atoms with Gasteiger partial charge in [0.25, 0.3) is 0 Å². The molecule has 0 aliphatic carbocycles. The lowest BCUT2D eigenvalue weighted by atomic mass is 10.1. The predicted molar refractivity (Wildman–Crippen MR) is 69.6 cm³/mol. The molecule has 0 aliphatic heterocycles. The molecule has 2 heterocycles. The Bertz CT molecular complexity index is 461. The maximum absolute atomic E-state index is 5.60. The average molecular weight is 248 g/mol. The van der Waals surface area contributed by atoms with E-state index in [-0.39, 0.29) is 6.04 Å². The molecule has 1 unspecified atom stereocenters. The van der Waals surface area contributed by atoms with Gasteiger partial charge in [-0.2, -0.15) is 0 Å². The molecule has 0 aliphatic rings. The second-order valence-corrected chi connectivity index (χ2v) is 5.25. The van der Waals surface area contributed by atoms with Crippen molar-refractivity contribution in [2.45, 2.75) is 26.3 Å². The Morgan fingerprint density at radius 3 is 2.82 bits per heavy atom. The summed E-state index contributed by atoms with van der Waals surface area (Å²) in [6.45, 7) is 4.12. The fourth-order valence-corrected chi connectivity index (χ4v) is 2.64. The van der Waals surface area contributed by atoms with Crippen LogP contribution in [0.2, 0.25) is 0 Å². The minimum absolute atomic E-state index is 0.0636. The number of nitrogens with two attached hydrogens (primary N) is 1. The van der Waals surface area contributed by atoms with E-state index >= 15 is 0 Å². The van der Waals surface area contributed by atoms with Gasteiger partial charge in [0.15, 0.2) is 0 Å². The lowest BCUT2D eigenvalue weighted by Gasteiger charge is -2.13. The van der Waals surface area contributed by atoms with Gasteiger partial charge in [-0.3, -0.25) is 16.3 Å². The Morgan fingerprint density at radius 1 is 1.47 bits per heavy atom. The largest absolute Gasteiger partial charge is 0.271 e. The number of hydrogen-bond acceptors (Lipinski definition) is 5. The van der Waals surface area contributed by atoms with Crippen molar-refractivity contribution in [3.05, 3.63) is 45.7 Å². The molecule has 3 N–H and O–H groups in total. The van der Waals surface area contributed by atoms with Crippen LogP contribution in [0.1, 0.15) is 27.2 Å². The third-order valence-corrected chi connectivity index (χ3v) is 3.83. The van der Waals surface area contributed by atoms with E-state index in [9.17, 15) is 0 Å². The highest BCUT2D eigenvalue weighted by Crippen LogP contribution is 2.22. The number of aryl methyl sites for hydroxylation is 2. The van der Waals surface area contributed by atoms with Gasteiger partial charge < -0.3 is 0 Å². The highest BCUT2D eigenvalue weighted by Gasteiger charge is 2.13.